The number of hydrogen-bond acceptors (Lipinski definition) is 3. The van der Waals surface area contributed by atoms with E-state index in [0.29, 0.717) is 17.8 Å². The third kappa shape index (κ3) is 2.46. The summed E-state index contributed by atoms with van der Waals surface area (Å²) in [6.45, 7) is 4.17. The molecule has 0 fully saturated rings. The van der Waals surface area contributed by atoms with Crippen molar-refractivity contribution in [3.63, 3.8) is 0 Å². The second-order valence-electron chi connectivity index (χ2n) is 5.81. The van der Waals surface area contributed by atoms with E-state index in [1.165, 1.54) is 0 Å². The van der Waals surface area contributed by atoms with E-state index in [-0.39, 0.29) is 18.5 Å². The van der Waals surface area contributed by atoms with Crippen molar-refractivity contribution in [1.29, 1.82) is 0 Å². The van der Waals surface area contributed by atoms with Crippen molar-refractivity contribution in [2.24, 2.45) is 0 Å². The first-order valence-corrected chi connectivity index (χ1v) is 7.31. The molecule has 0 saturated heterocycles. The van der Waals surface area contributed by atoms with Crippen LogP contribution in [0.25, 0.3) is 0 Å². The summed E-state index contributed by atoms with van der Waals surface area (Å²) in [5, 5.41) is 15.1. The number of nitrogens with one attached hydrogen (secondary N) is 2. The van der Waals surface area contributed by atoms with Gasteiger partial charge in [-0.2, -0.15) is 0 Å². The van der Waals surface area contributed by atoms with E-state index in [0.717, 1.165) is 11.1 Å². The lowest BCUT2D eigenvalue weighted by Crippen LogP contribution is -2.44. The van der Waals surface area contributed by atoms with Gasteiger partial charge in [0.2, 0.25) is 0 Å². The third-order valence-electron chi connectivity index (χ3n) is 4.00. The first-order valence-electron chi connectivity index (χ1n) is 7.31. The van der Waals surface area contributed by atoms with E-state index >= 15 is 0 Å². The molecule has 3 amide bonds. The standard InChI is InChI=1S/C16H19N3O3/c1-9-5-3-4-6-11(9)14-13-12(17-16(22)18-14)8-19(15(13)21)7-10(2)20/h3-6,10,14,20H,7-8H2,1-2H3,(H2,17,18,22)/t10-,14-/m1/s1. The number of urea groups is 1. The highest BCUT2D eigenvalue weighted by molar-refractivity contribution is 6.01. The number of aliphatic hydroxyl groups is 1. The quantitative estimate of drug-likeness (QED) is 0.773. The molecule has 3 rings (SSSR count). The summed E-state index contributed by atoms with van der Waals surface area (Å²) in [4.78, 5) is 26.1. The molecule has 2 atom stereocenters. The molecule has 6 nitrogen and oxygen atoms in total. The summed E-state index contributed by atoms with van der Waals surface area (Å²) >= 11 is 0. The second-order valence-corrected chi connectivity index (χ2v) is 5.81. The van der Waals surface area contributed by atoms with Gasteiger partial charge < -0.3 is 20.6 Å². The van der Waals surface area contributed by atoms with Crippen molar-refractivity contribution in [3.8, 4) is 0 Å². The molecule has 1 aromatic rings. The molecule has 1 aromatic carbocycles. The average molecular weight is 301 g/mol. The van der Waals surface area contributed by atoms with Crippen molar-refractivity contribution in [2.75, 3.05) is 13.1 Å². The molecular formula is C16H19N3O3. The number of rotatable bonds is 3. The third-order valence-corrected chi connectivity index (χ3v) is 4.00. The summed E-state index contributed by atoms with van der Waals surface area (Å²) < 4.78 is 0. The van der Waals surface area contributed by atoms with Crippen LogP contribution in [0.5, 0.6) is 0 Å². The fraction of sp³-hybridized carbons (Fsp3) is 0.375. The molecule has 0 bridgehead atoms. The number of aliphatic hydroxyl groups excluding tert-OH is 1. The van der Waals surface area contributed by atoms with Crippen molar-refractivity contribution in [3.05, 3.63) is 46.7 Å². The van der Waals surface area contributed by atoms with Gasteiger partial charge in [-0.3, -0.25) is 4.79 Å². The van der Waals surface area contributed by atoms with Crippen molar-refractivity contribution >= 4 is 11.9 Å². The molecule has 0 unspecified atom stereocenters. The number of hydrogen-bond donors (Lipinski definition) is 3. The minimum atomic E-state index is -0.606. The Hall–Kier alpha value is -2.34. The molecule has 2 heterocycles. The van der Waals surface area contributed by atoms with Crippen LogP contribution in [-0.4, -0.2) is 41.1 Å². The van der Waals surface area contributed by atoms with Crippen LogP contribution < -0.4 is 10.6 Å². The molecule has 3 N–H and O–H groups in total. The van der Waals surface area contributed by atoms with E-state index in [1.54, 1.807) is 11.8 Å². The fourth-order valence-electron chi connectivity index (χ4n) is 3.04. The van der Waals surface area contributed by atoms with Gasteiger partial charge >= 0.3 is 6.03 Å². The van der Waals surface area contributed by atoms with Crippen LogP contribution >= 0.6 is 0 Å². The molecule has 0 spiro atoms. The Morgan fingerprint density at radius 1 is 1.36 bits per heavy atom. The van der Waals surface area contributed by atoms with Gasteiger partial charge in [0.1, 0.15) is 0 Å². The van der Waals surface area contributed by atoms with Gasteiger partial charge in [-0.05, 0) is 25.0 Å². The first kappa shape index (κ1) is 14.6. The fourth-order valence-corrected chi connectivity index (χ4v) is 3.04. The topological polar surface area (TPSA) is 81.7 Å². The Balaban J connectivity index is 1.98. The number of carbonyl (C=O) groups excluding carboxylic acids is 2. The molecule has 116 valence electrons. The van der Waals surface area contributed by atoms with Crippen LogP contribution in [0.2, 0.25) is 0 Å². The zero-order valence-corrected chi connectivity index (χ0v) is 12.6. The summed E-state index contributed by atoms with van der Waals surface area (Å²) in [6, 6.07) is 6.93. The van der Waals surface area contributed by atoms with Gasteiger partial charge in [-0.25, -0.2) is 4.79 Å². The van der Waals surface area contributed by atoms with Crippen LogP contribution in [0.3, 0.4) is 0 Å². The summed E-state index contributed by atoms with van der Waals surface area (Å²) in [7, 11) is 0. The summed E-state index contributed by atoms with van der Waals surface area (Å²) in [6.07, 6.45) is -0.606. The van der Waals surface area contributed by atoms with Gasteiger partial charge in [-0.1, -0.05) is 24.3 Å². The maximum Gasteiger partial charge on any atom is 0.319 e. The molecule has 0 radical (unpaired) electrons. The highest BCUT2D eigenvalue weighted by atomic mass is 16.3. The van der Waals surface area contributed by atoms with Crippen LogP contribution in [0.1, 0.15) is 24.1 Å². The number of benzene rings is 1. The van der Waals surface area contributed by atoms with Gasteiger partial charge in [-0.15, -0.1) is 0 Å². The number of carbonyl (C=O) groups is 2. The van der Waals surface area contributed by atoms with Crippen molar-refractivity contribution in [1.82, 2.24) is 15.5 Å². The Morgan fingerprint density at radius 2 is 2.09 bits per heavy atom. The molecular weight excluding hydrogens is 282 g/mol. The Labute approximate surface area is 128 Å². The molecule has 2 aliphatic rings. The lowest BCUT2D eigenvalue weighted by molar-refractivity contribution is -0.126. The lowest BCUT2D eigenvalue weighted by atomic mass is 9.93. The molecule has 2 aliphatic heterocycles. The molecule has 0 aliphatic carbocycles. The number of nitrogens with zero attached hydrogens (tertiary/aromatic N) is 1. The van der Waals surface area contributed by atoms with E-state index < -0.39 is 12.1 Å². The zero-order valence-electron chi connectivity index (χ0n) is 12.6. The van der Waals surface area contributed by atoms with Gasteiger partial charge in [0.05, 0.1) is 30.0 Å². The highest BCUT2D eigenvalue weighted by Gasteiger charge is 2.40. The molecule has 22 heavy (non-hydrogen) atoms. The molecule has 6 heteroatoms. The predicted molar refractivity (Wildman–Crippen MR) is 80.9 cm³/mol. The van der Waals surface area contributed by atoms with E-state index in [9.17, 15) is 14.7 Å². The SMILES string of the molecule is Cc1ccccc1[C@H]1NC(=O)NC2=C1C(=O)N(C[C@@H](C)O)C2. The monoisotopic (exact) mass is 301 g/mol. The van der Waals surface area contributed by atoms with Gasteiger partial charge in [0.25, 0.3) is 5.91 Å². The first-order chi connectivity index (χ1) is 10.5. The second kappa shape index (κ2) is 5.46. The van der Waals surface area contributed by atoms with E-state index in [4.69, 9.17) is 0 Å². The predicted octanol–water partition coefficient (Wildman–Crippen LogP) is 0.826. The average Bonchev–Trinajstić information content (AvgIpc) is 2.74. The molecule has 0 aromatic heterocycles. The minimum Gasteiger partial charge on any atom is -0.392 e. The molecule has 0 saturated carbocycles. The zero-order chi connectivity index (χ0) is 15.9. The lowest BCUT2D eigenvalue weighted by Gasteiger charge is -2.26. The van der Waals surface area contributed by atoms with E-state index in [2.05, 4.69) is 10.6 Å². The summed E-state index contributed by atoms with van der Waals surface area (Å²) in [5.41, 5.74) is 3.12. The number of aryl methyl sites for hydroxylation is 1. The minimum absolute atomic E-state index is 0.142. The Kier molecular flexibility index (Phi) is 3.62. The van der Waals surface area contributed by atoms with Crippen molar-refractivity contribution < 1.29 is 14.7 Å². The summed E-state index contributed by atoms with van der Waals surface area (Å²) in [5.74, 6) is -0.142. The maximum atomic E-state index is 12.6. The van der Waals surface area contributed by atoms with Crippen LogP contribution in [-0.2, 0) is 4.79 Å². The Bertz CT molecular complexity index is 666. The van der Waals surface area contributed by atoms with Crippen LogP contribution in [0.4, 0.5) is 4.79 Å². The Morgan fingerprint density at radius 3 is 2.77 bits per heavy atom. The number of β-amino-alcohol motifs (C(OH)–C–C–N with tert-alkyl or cyclic N) is 1. The van der Waals surface area contributed by atoms with Crippen LogP contribution in [0.15, 0.2) is 35.5 Å². The number of amides is 3. The highest BCUT2D eigenvalue weighted by Crippen LogP contribution is 2.33. The largest absolute Gasteiger partial charge is 0.392 e. The van der Waals surface area contributed by atoms with Crippen LogP contribution in [0, 0.1) is 6.92 Å². The van der Waals surface area contributed by atoms with E-state index in [1.807, 2.05) is 31.2 Å². The van der Waals surface area contributed by atoms with Gasteiger partial charge in [0, 0.05) is 6.54 Å². The smallest absolute Gasteiger partial charge is 0.319 e. The normalized spacial score (nSPS) is 22.3. The maximum absolute atomic E-state index is 12.6. The van der Waals surface area contributed by atoms with Gasteiger partial charge in [0.15, 0.2) is 0 Å². The van der Waals surface area contributed by atoms with Crippen molar-refractivity contribution in [2.45, 2.75) is 26.0 Å².